The van der Waals surface area contributed by atoms with Gasteiger partial charge in [0.15, 0.2) is 11.5 Å². The van der Waals surface area contributed by atoms with Crippen LogP contribution < -0.4 is 19.5 Å². The van der Waals surface area contributed by atoms with Gasteiger partial charge in [0.1, 0.15) is 18.1 Å². The molecule has 0 radical (unpaired) electrons. The first kappa shape index (κ1) is 20.3. The molecule has 0 saturated carbocycles. The van der Waals surface area contributed by atoms with E-state index >= 15 is 0 Å². The molecule has 0 saturated heterocycles. The van der Waals surface area contributed by atoms with Crippen LogP contribution in [0.25, 0.3) is 22.4 Å². The van der Waals surface area contributed by atoms with E-state index in [1.54, 1.807) is 33.5 Å². The van der Waals surface area contributed by atoms with Crippen molar-refractivity contribution in [3.63, 3.8) is 0 Å². The Kier molecular flexibility index (Phi) is 5.75. The number of ether oxygens (including phenoxy) is 3. The maximum absolute atomic E-state index is 12.9. The van der Waals surface area contributed by atoms with E-state index < -0.39 is 0 Å². The molecular weight excluding hydrogens is 394 g/mol. The third-order valence-electron chi connectivity index (χ3n) is 4.98. The zero-order valence-corrected chi connectivity index (χ0v) is 17.6. The molecule has 0 aliphatic heterocycles. The van der Waals surface area contributed by atoms with E-state index in [2.05, 4.69) is 5.32 Å². The number of aromatic nitrogens is 2. The van der Waals surface area contributed by atoms with E-state index in [9.17, 15) is 4.79 Å². The number of methoxy groups -OCH3 is 3. The SMILES string of the molecule is COc1ccccc1NC(=O)Cn1c(-c2ccc(OC)c(OC)c2)nc2ccccc21. The molecule has 1 heterocycles. The number of anilines is 1. The van der Waals surface area contributed by atoms with Crippen LogP contribution in [0, 0.1) is 0 Å². The molecule has 1 amide bonds. The van der Waals surface area contributed by atoms with Gasteiger partial charge < -0.3 is 24.1 Å². The molecule has 4 rings (SSSR count). The van der Waals surface area contributed by atoms with Crippen molar-refractivity contribution < 1.29 is 19.0 Å². The standard InChI is InChI=1S/C24H23N3O4/c1-29-20-11-7-5-9-18(20)25-23(28)15-27-19-10-6-4-8-17(19)26-24(27)16-12-13-21(30-2)22(14-16)31-3/h4-14H,15H2,1-3H3,(H,25,28). The van der Waals surface area contributed by atoms with E-state index in [0.29, 0.717) is 28.8 Å². The van der Waals surface area contributed by atoms with Gasteiger partial charge in [-0.25, -0.2) is 4.98 Å². The van der Waals surface area contributed by atoms with Crippen molar-refractivity contribution in [2.45, 2.75) is 6.54 Å². The summed E-state index contributed by atoms with van der Waals surface area (Å²) >= 11 is 0. The molecule has 0 fully saturated rings. The molecule has 31 heavy (non-hydrogen) atoms. The number of carbonyl (C=O) groups excluding carboxylic acids is 1. The number of hydrogen-bond acceptors (Lipinski definition) is 5. The summed E-state index contributed by atoms with van der Waals surface area (Å²) in [5, 5.41) is 2.93. The summed E-state index contributed by atoms with van der Waals surface area (Å²) in [6.07, 6.45) is 0. The number of para-hydroxylation sites is 4. The molecule has 7 nitrogen and oxygen atoms in total. The second-order valence-corrected chi connectivity index (χ2v) is 6.83. The van der Waals surface area contributed by atoms with Crippen molar-refractivity contribution in [1.29, 1.82) is 0 Å². The van der Waals surface area contributed by atoms with E-state index in [1.165, 1.54) is 0 Å². The monoisotopic (exact) mass is 417 g/mol. The molecule has 1 N–H and O–H groups in total. The Hall–Kier alpha value is -4.00. The molecular formula is C24H23N3O4. The third-order valence-corrected chi connectivity index (χ3v) is 4.98. The average Bonchev–Trinajstić information content (AvgIpc) is 3.17. The Balaban J connectivity index is 1.73. The van der Waals surface area contributed by atoms with Crippen LogP contribution in [0.2, 0.25) is 0 Å². The number of hydrogen-bond donors (Lipinski definition) is 1. The molecule has 3 aromatic carbocycles. The minimum absolute atomic E-state index is 0.0856. The molecule has 0 bridgehead atoms. The minimum atomic E-state index is -0.186. The van der Waals surface area contributed by atoms with Gasteiger partial charge in [-0.1, -0.05) is 24.3 Å². The molecule has 0 unspecified atom stereocenters. The van der Waals surface area contributed by atoms with Crippen molar-refractivity contribution in [3.05, 3.63) is 66.7 Å². The summed E-state index contributed by atoms with van der Waals surface area (Å²) in [5.74, 6) is 2.30. The highest BCUT2D eigenvalue weighted by atomic mass is 16.5. The van der Waals surface area contributed by atoms with Crippen molar-refractivity contribution in [2.75, 3.05) is 26.6 Å². The minimum Gasteiger partial charge on any atom is -0.495 e. The van der Waals surface area contributed by atoms with Crippen LogP contribution in [-0.2, 0) is 11.3 Å². The van der Waals surface area contributed by atoms with Gasteiger partial charge in [-0.15, -0.1) is 0 Å². The number of imidazole rings is 1. The van der Waals surface area contributed by atoms with Crippen molar-refractivity contribution in [1.82, 2.24) is 9.55 Å². The second-order valence-electron chi connectivity index (χ2n) is 6.83. The van der Waals surface area contributed by atoms with Crippen LogP contribution in [0.1, 0.15) is 0 Å². The van der Waals surface area contributed by atoms with Gasteiger partial charge in [-0.05, 0) is 42.5 Å². The van der Waals surface area contributed by atoms with E-state index in [4.69, 9.17) is 19.2 Å². The molecule has 4 aromatic rings. The maximum atomic E-state index is 12.9. The molecule has 158 valence electrons. The third kappa shape index (κ3) is 4.02. The van der Waals surface area contributed by atoms with Crippen LogP contribution in [0.5, 0.6) is 17.2 Å². The van der Waals surface area contributed by atoms with Crippen molar-refractivity contribution >= 4 is 22.6 Å². The second kappa shape index (κ2) is 8.79. The van der Waals surface area contributed by atoms with Gasteiger partial charge in [-0.2, -0.15) is 0 Å². The number of fused-ring (bicyclic) bond motifs is 1. The van der Waals surface area contributed by atoms with Crippen LogP contribution >= 0.6 is 0 Å². The first-order chi connectivity index (χ1) is 15.1. The fourth-order valence-electron chi connectivity index (χ4n) is 3.51. The number of nitrogens with one attached hydrogen (secondary N) is 1. The molecule has 1 aromatic heterocycles. The highest BCUT2D eigenvalue weighted by Gasteiger charge is 2.17. The van der Waals surface area contributed by atoms with E-state index in [1.807, 2.05) is 59.2 Å². The Bertz CT molecular complexity index is 1230. The van der Waals surface area contributed by atoms with E-state index in [0.717, 1.165) is 16.6 Å². The van der Waals surface area contributed by atoms with Crippen LogP contribution in [0.3, 0.4) is 0 Å². The predicted octanol–water partition coefficient (Wildman–Crippen LogP) is 4.37. The summed E-state index contributed by atoms with van der Waals surface area (Å²) in [5.41, 5.74) is 3.10. The highest BCUT2D eigenvalue weighted by Crippen LogP contribution is 2.33. The highest BCUT2D eigenvalue weighted by molar-refractivity contribution is 5.94. The van der Waals surface area contributed by atoms with Crippen LogP contribution in [-0.4, -0.2) is 36.8 Å². The molecule has 0 atom stereocenters. The Morgan fingerprint density at radius 2 is 1.58 bits per heavy atom. The van der Waals surface area contributed by atoms with Crippen LogP contribution in [0.4, 0.5) is 5.69 Å². The topological polar surface area (TPSA) is 74.6 Å². The van der Waals surface area contributed by atoms with Gasteiger partial charge in [0.25, 0.3) is 0 Å². The first-order valence-electron chi connectivity index (χ1n) is 9.75. The molecule has 7 heteroatoms. The summed E-state index contributed by atoms with van der Waals surface area (Å²) in [6, 6.07) is 20.6. The molecule has 0 aliphatic carbocycles. The summed E-state index contributed by atoms with van der Waals surface area (Å²) < 4.78 is 18.0. The lowest BCUT2D eigenvalue weighted by atomic mass is 10.2. The number of benzene rings is 3. The fraction of sp³-hybridized carbons (Fsp3) is 0.167. The number of amides is 1. The largest absolute Gasteiger partial charge is 0.495 e. The Morgan fingerprint density at radius 1 is 0.871 bits per heavy atom. The van der Waals surface area contributed by atoms with Crippen molar-refractivity contribution in [2.24, 2.45) is 0 Å². The van der Waals surface area contributed by atoms with Gasteiger partial charge >= 0.3 is 0 Å². The number of nitrogens with zero attached hydrogens (tertiary/aromatic N) is 2. The predicted molar refractivity (Wildman–Crippen MR) is 120 cm³/mol. The van der Waals surface area contributed by atoms with Crippen LogP contribution in [0.15, 0.2) is 66.7 Å². The first-order valence-corrected chi connectivity index (χ1v) is 9.75. The molecule has 0 aliphatic rings. The number of rotatable bonds is 7. The Labute approximate surface area is 180 Å². The lowest BCUT2D eigenvalue weighted by Crippen LogP contribution is -2.19. The van der Waals surface area contributed by atoms with Gasteiger partial charge in [0.2, 0.25) is 5.91 Å². The van der Waals surface area contributed by atoms with Gasteiger partial charge in [-0.3, -0.25) is 4.79 Å². The van der Waals surface area contributed by atoms with Gasteiger partial charge in [0, 0.05) is 5.56 Å². The van der Waals surface area contributed by atoms with E-state index in [-0.39, 0.29) is 12.5 Å². The fourth-order valence-corrected chi connectivity index (χ4v) is 3.51. The summed E-state index contributed by atoms with van der Waals surface area (Å²) in [4.78, 5) is 17.7. The molecule has 0 spiro atoms. The maximum Gasteiger partial charge on any atom is 0.244 e. The summed E-state index contributed by atoms with van der Waals surface area (Å²) in [6.45, 7) is 0.0856. The normalized spacial score (nSPS) is 10.7. The lowest BCUT2D eigenvalue weighted by Gasteiger charge is -2.13. The zero-order chi connectivity index (χ0) is 21.8. The number of carbonyl (C=O) groups is 1. The zero-order valence-electron chi connectivity index (χ0n) is 17.6. The quantitative estimate of drug-likeness (QED) is 0.483. The Morgan fingerprint density at radius 3 is 2.35 bits per heavy atom. The summed E-state index contributed by atoms with van der Waals surface area (Å²) in [7, 11) is 4.75. The lowest BCUT2D eigenvalue weighted by molar-refractivity contribution is -0.116. The smallest absolute Gasteiger partial charge is 0.244 e. The average molecular weight is 417 g/mol. The van der Waals surface area contributed by atoms with Gasteiger partial charge in [0.05, 0.1) is 38.1 Å². The van der Waals surface area contributed by atoms with Crippen molar-refractivity contribution in [3.8, 4) is 28.6 Å².